The van der Waals surface area contributed by atoms with E-state index < -0.39 is 6.04 Å². The molecule has 5 N–H and O–H groups in total. The molecule has 8 heteroatoms. The van der Waals surface area contributed by atoms with Crippen LogP contribution in [-0.2, 0) is 7.05 Å². The predicted molar refractivity (Wildman–Crippen MR) is 122 cm³/mol. The van der Waals surface area contributed by atoms with Crippen LogP contribution in [0.25, 0.3) is 22.2 Å². The van der Waals surface area contributed by atoms with Crippen molar-refractivity contribution in [1.29, 1.82) is 5.26 Å². The molecule has 31 heavy (non-hydrogen) atoms. The molecule has 2 aromatic carbocycles. The van der Waals surface area contributed by atoms with Crippen molar-refractivity contribution in [1.82, 2.24) is 14.5 Å². The van der Waals surface area contributed by atoms with E-state index >= 15 is 0 Å². The number of fused-ring (bicyclic) bond motifs is 1. The average molecular weight is 411 g/mol. The van der Waals surface area contributed by atoms with Crippen LogP contribution in [-0.4, -0.2) is 14.5 Å². The molecule has 0 bridgehead atoms. The van der Waals surface area contributed by atoms with Gasteiger partial charge < -0.3 is 21.4 Å². The molecular weight excluding hydrogens is 390 g/mol. The van der Waals surface area contributed by atoms with Crippen molar-refractivity contribution in [2.45, 2.75) is 13.0 Å². The molecule has 8 nitrogen and oxygen atoms in total. The zero-order chi connectivity index (χ0) is 22.1. The van der Waals surface area contributed by atoms with Gasteiger partial charge in [0.05, 0.1) is 23.4 Å². The van der Waals surface area contributed by atoms with E-state index in [2.05, 4.69) is 15.3 Å². The number of nitriles is 1. The third kappa shape index (κ3) is 3.42. The van der Waals surface area contributed by atoms with Gasteiger partial charge in [-0.05, 0) is 25.1 Å². The largest absolute Gasteiger partial charge is 0.398 e. The fourth-order valence-corrected chi connectivity index (χ4v) is 3.82. The number of nitrogen functional groups attached to an aromatic ring is 2. The number of para-hydroxylation sites is 2. The second kappa shape index (κ2) is 7.80. The molecule has 154 valence electrons. The molecule has 0 saturated carbocycles. The highest BCUT2D eigenvalue weighted by atomic mass is 16.1. The maximum atomic E-state index is 13.6. The van der Waals surface area contributed by atoms with Gasteiger partial charge in [0.1, 0.15) is 17.5 Å². The standard InChI is InChI=1S/C23H21N7O/c1-13(28-22-14(11-24)12-27-23(26)29-22)19-20(15-7-3-5-9-17(15)25)30(2)18-10-6-4-8-16(18)21(19)31/h3-10,12-13H,25H2,1-2H3,(H3,26,27,28,29). The van der Waals surface area contributed by atoms with E-state index in [1.165, 1.54) is 6.20 Å². The third-order valence-electron chi connectivity index (χ3n) is 5.28. The molecule has 1 unspecified atom stereocenters. The lowest BCUT2D eigenvalue weighted by Crippen LogP contribution is -2.23. The van der Waals surface area contributed by atoms with Gasteiger partial charge in [0.15, 0.2) is 5.43 Å². The Morgan fingerprint density at radius 3 is 2.58 bits per heavy atom. The lowest BCUT2D eigenvalue weighted by atomic mass is 9.96. The summed E-state index contributed by atoms with van der Waals surface area (Å²) >= 11 is 0. The Hall–Kier alpha value is -4.38. The number of benzene rings is 2. The molecule has 0 saturated heterocycles. The Morgan fingerprint density at radius 2 is 1.84 bits per heavy atom. The van der Waals surface area contributed by atoms with Crippen LogP contribution < -0.4 is 22.2 Å². The molecule has 4 rings (SSSR count). The van der Waals surface area contributed by atoms with E-state index in [0.717, 1.165) is 11.1 Å². The summed E-state index contributed by atoms with van der Waals surface area (Å²) < 4.78 is 1.97. The molecule has 0 aliphatic heterocycles. The number of nitrogens with two attached hydrogens (primary N) is 2. The highest BCUT2D eigenvalue weighted by molar-refractivity contribution is 5.87. The first-order valence-electron chi connectivity index (χ1n) is 9.68. The van der Waals surface area contributed by atoms with Gasteiger partial charge in [-0.3, -0.25) is 4.79 Å². The molecule has 2 aromatic heterocycles. The lowest BCUT2D eigenvalue weighted by Gasteiger charge is -2.23. The van der Waals surface area contributed by atoms with Crippen molar-refractivity contribution >= 4 is 28.4 Å². The number of rotatable bonds is 4. The van der Waals surface area contributed by atoms with Crippen molar-refractivity contribution in [3.05, 3.63) is 76.1 Å². The minimum absolute atomic E-state index is 0.0349. The molecule has 4 aromatic rings. The number of hydrogen-bond acceptors (Lipinski definition) is 7. The monoisotopic (exact) mass is 411 g/mol. The summed E-state index contributed by atoms with van der Waals surface area (Å²) in [4.78, 5) is 21.6. The number of nitrogens with one attached hydrogen (secondary N) is 1. The summed E-state index contributed by atoms with van der Waals surface area (Å²) in [5.41, 5.74) is 15.4. The van der Waals surface area contributed by atoms with Crippen molar-refractivity contribution < 1.29 is 0 Å². The van der Waals surface area contributed by atoms with E-state index in [4.69, 9.17) is 11.5 Å². The van der Waals surface area contributed by atoms with Crippen LogP contribution in [0.2, 0.25) is 0 Å². The van der Waals surface area contributed by atoms with Gasteiger partial charge in [-0.2, -0.15) is 10.2 Å². The van der Waals surface area contributed by atoms with E-state index in [1.54, 1.807) is 12.1 Å². The minimum atomic E-state index is -0.501. The zero-order valence-electron chi connectivity index (χ0n) is 17.1. The number of aromatic nitrogens is 3. The first-order valence-corrected chi connectivity index (χ1v) is 9.68. The third-order valence-corrected chi connectivity index (χ3v) is 5.28. The molecule has 0 spiro atoms. The molecular formula is C23H21N7O. The molecule has 0 amide bonds. The average Bonchev–Trinajstić information content (AvgIpc) is 2.77. The smallest absolute Gasteiger partial charge is 0.222 e. The second-order valence-corrected chi connectivity index (χ2v) is 7.22. The van der Waals surface area contributed by atoms with Crippen LogP contribution in [0.15, 0.2) is 59.5 Å². The Kier molecular flexibility index (Phi) is 5.01. The van der Waals surface area contributed by atoms with E-state index in [0.29, 0.717) is 22.3 Å². The van der Waals surface area contributed by atoms with Crippen molar-refractivity contribution in [2.24, 2.45) is 7.05 Å². The van der Waals surface area contributed by atoms with Gasteiger partial charge in [0, 0.05) is 29.2 Å². The predicted octanol–water partition coefficient (Wildman–Crippen LogP) is 3.20. The summed E-state index contributed by atoms with van der Waals surface area (Å²) in [5.74, 6) is 0.303. The van der Waals surface area contributed by atoms with Gasteiger partial charge >= 0.3 is 0 Å². The highest BCUT2D eigenvalue weighted by Crippen LogP contribution is 2.33. The number of aryl methyl sites for hydroxylation is 1. The normalized spacial score (nSPS) is 11.8. The first-order chi connectivity index (χ1) is 14.9. The van der Waals surface area contributed by atoms with Crippen LogP contribution >= 0.6 is 0 Å². The molecule has 0 aliphatic carbocycles. The Morgan fingerprint density at radius 1 is 1.13 bits per heavy atom. The minimum Gasteiger partial charge on any atom is -0.398 e. The van der Waals surface area contributed by atoms with Gasteiger partial charge in [-0.15, -0.1) is 0 Å². The second-order valence-electron chi connectivity index (χ2n) is 7.22. The first kappa shape index (κ1) is 19.9. The number of anilines is 3. The van der Waals surface area contributed by atoms with Gasteiger partial charge in [0.25, 0.3) is 0 Å². The van der Waals surface area contributed by atoms with Crippen LogP contribution in [0.3, 0.4) is 0 Å². The summed E-state index contributed by atoms with van der Waals surface area (Å²) in [5, 5.41) is 13.2. The quantitative estimate of drug-likeness (QED) is 0.439. The van der Waals surface area contributed by atoms with Crippen LogP contribution in [0.5, 0.6) is 0 Å². The van der Waals surface area contributed by atoms with Crippen molar-refractivity contribution in [2.75, 3.05) is 16.8 Å². The van der Waals surface area contributed by atoms with Crippen molar-refractivity contribution in [3.8, 4) is 17.3 Å². The van der Waals surface area contributed by atoms with Crippen LogP contribution in [0.4, 0.5) is 17.5 Å². The van der Waals surface area contributed by atoms with E-state index in [9.17, 15) is 10.1 Å². The Bertz CT molecular complexity index is 1400. The molecule has 0 aliphatic rings. The topological polar surface area (TPSA) is 136 Å². The van der Waals surface area contributed by atoms with Crippen LogP contribution in [0, 0.1) is 11.3 Å². The highest BCUT2D eigenvalue weighted by Gasteiger charge is 2.23. The SMILES string of the molecule is CC(Nc1nc(N)ncc1C#N)c1c(-c2ccccc2N)n(C)c2ccccc2c1=O. The zero-order valence-corrected chi connectivity index (χ0v) is 17.1. The van der Waals surface area contributed by atoms with Crippen molar-refractivity contribution in [3.63, 3.8) is 0 Å². The van der Waals surface area contributed by atoms with Gasteiger partial charge in [-0.25, -0.2) is 4.98 Å². The fourth-order valence-electron chi connectivity index (χ4n) is 3.82. The fraction of sp³-hybridized carbons (Fsp3) is 0.130. The van der Waals surface area contributed by atoms with Crippen LogP contribution in [0.1, 0.15) is 24.1 Å². The summed E-state index contributed by atoms with van der Waals surface area (Å²) in [6.07, 6.45) is 1.35. The number of nitrogens with zero attached hydrogens (tertiary/aromatic N) is 4. The summed E-state index contributed by atoms with van der Waals surface area (Å²) in [6, 6.07) is 16.4. The number of pyridine rings is 1. The molecule has 0 fully saturated rings. The maximum absolute atomic E-state index is 13.6. The Balaban J connectivity index is 1.99. The van der Waals surface area contributed by atoms with Gasteiger partial charge in [-0.1, -0.05) is 30.3 Å². The molecule has 0 radical (unpaired) electrons. The van der Waals surface area contributed by atoms with Gasteiger partial charge in [0.2, 0.25) is 5.95 Å². The molecule has 1 atom stereocenters. The van der Waals surface area contributed by atoms with E-state index in [1.807, 2.05) is 61.0 Å². The summed E-state index contributed by atoms with van der Waals surface area (Å²) in [7, 11) is 1.91. The maximum Gasteiger partial charge on any atom is 0.222 e. The van der Waals surface area contributed by atoms with E-state index in [-0.39, 0.29) is 22.8 Å². The lowest BCUT2D eigenvalue weighted by molar-refractivity contribution is 0.836. The number of hydrogen-bond donors (Lipinski definition) is 3. The Labute approximate surface area is 178 Å². The molecule has 2 heterocycles. The summed E-state index contributed by atoms with van der Waals surface area (Å²) in [6.45, 7) is 1.84.